The molecule has 8 heteroatoms. The molecule has 26 heavy (non-hydrogen) atoms. The fraction of sp³-hybridized carbons (Fsp3) is 0.389. The second-order valence-electron chi connectivity index (χ2n) is 6.39. The molecule has 0 radical (unpaired) electrons. The third-order valence-electron chi connectivity index (χ3n) is 4.46. The summed E-state index contributed by atoms with van der Waals surface area (Å²) in [5, 5.41) is 0.760. The molecule has 1 aliphatic heterocycles. The van der Waals surface area contributed by atoms with Gasteiger partial charge in [-0.05, 0) is 18.4 Å². The van der Waals surface area contributed by atoms with Gasteiger partial charge >= 0.3 is 5.69 Å². The first-order chi connectivity index (χ1) is 12.6. The van der Waals surface area contributed by atoms with E-state index in [1.165, 1.54) is 10.1 Å². The van der Waals surface area contributed by atoms with Crippen LogP contribution in [0.4, 0.5) is 0 Å². The van der Waals surface area contributed by atoms with Gasteiger partial charge in [-0.2, -0.15) is 0 Å². The van der Waals surface area contributed by atoms with E-state index in [4.69, 9.17) is 4.74 Å². The number of ether oxygens (including phenoxy) is 1. The quantitative estimate of drug-likeness (QED) is 0.502. The van der Waals surface area contributed by atoms with E-state index in [9.17, 15) is 9.59 Å². The maximum atomic E-state index is 12.4. The van der Waals surface area contributed by atoms with Crippen LogP contribution in [0.15, 0.2) is 45.1 Å². The summed E-state index contributed by atoms with van der Waals surface area (Å²) in [7, 11) is 1.63. The second kappa shape index (κ2) is 7.13. The number of nitrogens with one attached hydrogen (secondary N) is 1. The fourth-order valence-corrected chi connectivity index (χ4v) is 3.97. The molecule has 1 saturated heterocycles. The maximum Gasteiger partial charge on any atom is 0.329 e. The average molecular weight is 372 g/mol. The monoisotopic (exact) mass is 372 g/mol. The Labute approximate surface area is 154 Å². The van der Waals surface area contributed by atoms with Crippen LogP contribution in [0.1, 0.15) is 12.0 Å². The summed E-state index contributed by atoms with van der Waals surface area (Å²) in [5.41, 5.74) is 1.32. The molecule has 136 valence electrons. The number of benzene rings is 1. The minimum atomic E-state index is -0.446. The van der Waals surface area contributed by atoms with Gasteiger partial charge in [0, 0.05) is 19.3 Å². The molecule has 2 aromatic heterocycles. The molecule has 1 fully saturated rings. The van der Waals surface area contributed by atoms with Gasteiger partial charge in [-0.25, -0.2) is 9.78 Å². The lowest BCUT2D eigenvalue weighted by molar-refractivity contribution is 0.426. The van der Waals surface area contributed by atoms with Crippen molar-refractivity contribution >= 4 is 22.9 Å². The summed E-state index contributed by atoms with van der Waals surface area (Å²) in [4.78, 5) is 31.2. The van der Waals surface area contributed by atoms with Crippen molar-refractivity contribution in [1.29, 1.82) is 0 Å². The van der Waals surface area contributed by atoms with Crippen LogP contribution in [0.25, 0.3) is 11.2 Å². The number of epoxide rings is 1. The fourth-order valence-electron chi connectivity index (χ4n) is 2.95. The molecule has 0 amide bonds. The zero-order valence-electron chi connectivity index (χ0n) is 14.5. The van der Waals surface area contributed by atoms with Crippen LogP contribution in [0.2, 0.25) is 0 Å². The molecule has 4 rings (SSSR count). The number of aromatic nitrogens is 4. The highest BCUT2D eigenvalue weighted by Crippen LogP contribution is 2.26. The summed E-state index contributed by atoms with van der Waals surface area (Å²) < 4.78 is 8.59. The van der Waals surface area contributed by atoms with Crippen molar-refractivity contribution in [3.63, 3.8) is 0 Å². The van der Waals surface area contributed by atoms with Crippen molar-refractivity contribution in [2.75, 3.05) is 12.4 Å². The first-order valence-electron chi connectivity index (χ1n) is 8.61. The molecule has 0 bridgehead atoms. The molecule has 1 N–H and O–H groups in total. The van der Waals surface area contributed by atoms with Crippen LogP contribution in [-0.2, 0) is 24.8 Å². The van der Waals surface area contributed by atoms with Crippen LogP contribution in [0.3, 0.4) is 0 Å². The van der Waals surface area contributed by atoms with Gasteiger partial charge in [-0.1, -0.05) is 42.1 Å². The Hall–Kier alpha value is -2.32. The first kappa shape index (κ1) is 17.1. The molecule has 0 aliphatic carbocycles. The molecule has 1 atom stereocenters. The van der Waals surface area contributed by atoms with Crippen LogP contribution in [-0.4, -0.2) is 37.6 Å². The van der Waals surface area contributed by atoms with Crippen LogP contribution in [0, 0.1) is 0 Å². The number of aromatic amines is 1. The lowest BCUT2D eigenvalue weighted by atomic mass is 10.1. The van der Waals surface area contributed by atoms with Gasteiger partial charge in [0.15, 0.2) is 16.3 Å². The lowest BCUT2D eigenvalue weighted by Gasteiger charge is -2.08. The third-order valence-corrected chi connectivity index (χ3v) is 5.57. The largest absolute Gasteiger partial charge is 0.372 e. The van der Waals surface area contributed by atoms with Crippen LogP contribution in [0.5, 0.6) is 0 Å². The number of rotatable bonds is 7. The summed E-state index contributed by atoms with van der Waals surface area (Å²) in [5.74, 6) is 0.799. The smallest absolute Gasteiger partial charge is 0.329 e. The predicted octanol–water partition coefficient (Wildman–Crippen LogP) is 1.55. The molecule has 3 aromatic rings. The van der Waals surface area contributed by atoms with E-state index in [-0.39, 0.29) is 11.7 Å². The van der Waals surface area contributed by atoms with Gasteiger partial charge in [-0.15, -0.1) is 0 Å². The maximum absolute atomic E-state index is 12.4. The Morgan fingerprint density at radius 1 is 1.31 bits per heavy atom. The van der Waals surface area contributed by atoms with E-state index >= 15 is 0 Å². The number of nitrogens with zero attached hydrogens (tertiary/aromatic N) is 3. The Bertz CT molecular complexity index is 1030. The van der Waals surface area contributed by atoms with Gasteiger partial charge in [0.05, 0.1) is 12.7 Å². The van der Waals surface area contributed by atoms with Gasteiger partial charge in [0.1, 0.15) is 0 Å². The molecular weight excluding hydrogens is 352 g/mol. The molecule has 1 aromatic carbocycles. The zero-order chi connectivity index (χ0) is 18.1. The number of H-pyrrole nitrogens is 1. The van der Waals surface area contributed by atoms with E-state index in [1.54, 1.807) is 18.8 Å². The Morgan fingerprint density at radius 2 is 2.08 bits per heavy atom. The van der Waals surface area contributed by atoms with E-state index in [0.29, 0.717) is 17.7 Å². The van der Waals surface area contributed by atoms with Gasteiger partial charge in [-0.3, -0.25) is 14.3 Å². The number of imidazole rings is 1. The summed E-state index contributed by atoms with van der Waals surface area (Å²) in [6.07, 6.45) is 2.06. The Balaban J connectivity index is 1.65. The Kier molecular flexibility index (Phi) is 4.69. The number of aryl methyl sites for hydroxylation is 3. The summed E-state index contributed by atoms with van der Waals surface area (Å²) >= 11 is 1.57. The van der Waals surface area contributed by atoms with Crippen molar-refractivity contribution in [3.8, 4) is 0 Å². The van der Waals surface area contributed by atoms with E-state index in [2.05, 4.69) is 22.1 Å². The van der Waals surface area contributed by atoms with Crippen molar-refractivity contribution < 1.29 is 4.74 Å². The average Bonchev–Trinajstić information content (AvgIpc) is 3.40. The standard InChI is InChI=1S/C18H20N4O3S/c1-21-15-14(16(23)20-17(21)24)22(18(19-15)26-11-13-10-25-13)9-5-8-12-6-3-2-4-7-12/h2-4,6-7,13H,5,8-11H2,1H3,(H,20,23,24)/t13-/m0/s1. The molecule has 1 aliphatic rings. The third kappa shape index (κ3) is 3.47. The van der Waals surface area contributed by atoms with E-state index in [0.717, 1.165) is 30.4 Å². The van der Waals surface area contributed by atoms with Crippen LogP contribution < -0.4 is 11.2 Å². The highest BCUT2D eigenvalue weighted by molar-refractivity contribution is 7.99. The van der Waals surface area contributed by atoms with E-state index in [1.807, 2.05) is 22.8 Å². The van der Waals surface area contributed by atoms with Crippen molar-refractivity contribution in [2.45, 2.75) is 30.6 Å². The first-order valence-corrected chi connectivity index (χ1v) is 9.60. The molecular formula is C18H20N4O3S. The minimum absolute atomic E-state index is 0.264. The van der Waals surface area contributed by atoms with E-state index < -0.39 is 5.69 Å². The van der Waals surface area contributed by atoms with Crippen LogP contribution >= 0.6 is 11.8 Å². The summed E-state index contributed by atoms with van der Waals surface area (Å²) in [6, 6.07) is 10.3. The zero-order valence-corrected chi connectivity index (χ0v) is 15.3. The number of fused-ring (bicyclic) bond motifs is 1. The number of thioether (sulfide) groups is 1. The highest BCUT2D eigenvalue weighted by Gasteiger charge is 2.25. The summed E-state index contributed by atoms with van der Waals surface area (Å²) in [6.45, 7) is 1.45. The number of hydrogen-bond acceptors (Lipinski definition) is 5. The van der Waals surface area contributed by atoms with Crippen molar-refractivity contribution in [2.24, 2.45) is 7.05 Å². The molecule has 0 saturated carbocycles. The lowest BCUT2D eigenvalue weighted by Crippen LogP contribution is -2.29. The molecule has 3 heterocycles. The predicted molar refractivity (Wildman–Crippen MR) is 101 cm³/mol. The minimum Gasteiger partial charge on any atom is -0.372 e. The number of hydrogen-bond donors (Lipinski definition) is 1. The highest BCUT2D eigenvalue weighted by atomic mass is 32.2. The molecule has 0 spiro atoms. The normalized spacial score (nSPS) is 16.3. The molecule has 7 nitrogen and oxygen atoms in total. The molecule has 0 unspecified atom stereocenters. The Morgan fingerprint density at radius 3 is 2.81 bits per heavy atom. The van der Waals surface area contributed by atoms with Gasteiger partial charge in [0.2, 0.25) is 0 Å². The van der Waals surface area contributed by atoms with Gasteiger partial charge in [0.25, 0.3) is 5.56 Å². The van der Waals surface area contributed by atoms with Crippen molar-refractivity contribution in [1.82, 2.24) is 19.1 Å². The second-order valence-corrected chi connectivity index (χ2v) is 7.38. The van der Waals surface area contributed by atoms with Crippen molar-refractivity contribution in [3.05, 3.63) is 56.7 Å². The SMILES string of the molecule is Cn1c(=O)[nH]c(=O)c2c1nc(SC[C@@H]1CO1)n2CCCc1ccccc1. The topological polar surface area (TPSA) is 85.2 Å². The van der Waals surface area contributed by atoms with Gasteiger partial charge < -0.3 is 9.30 Å².